The van der Waals surface area contributed by atoms with Gasteiger partial charge in [-0.25, -0.2) is 4.79 Å². The van der Waals surface area contributed by atoms with Crippen LogP contribution in [-0.2, 0) is 12.8 Å². The zero-order valence-corrected chi connectivity index (χ0v) is 19.1. The van der Waals surface area contributed by atoms with Gasteiger partial charge in [0.2, 0.25) is 5.43 Å². The number of carboxylic acid groups (broad SMARTS) is 1. The van der Waals surface area contributed by atoms with Gasteiger partial charge in [-0.3, -0.25) is 19.3 Å². The van der Waals surface area contributed by atoms with Crippen molar-refractivity contribution < 1.29 is 19.8 Å². The maximum absolute atomic E-state index is 13.5. The SMILES string of the molecule is O=C(O)c1cn2c(c(O)c1=O)C(=O)N(CC1CC1)CN2C1c2ccccc2CCc2ccccc21. The molecule has 0 spiro atoms. The number of aryl methyl sites for hydroxylation is 2. The molecule has 3 aliphatic rings. The van der Waals surface area contributed by atoms with Crippen molar-refractivity contribution in [3.05, 3.63) is 98.5 Å². The number of aromatic nitrogens is 1. The normalized spacial score (nSPS) is 17.4. The Labute approximate surface area is 201 Å². The molecule has 2 aromatic carbocycles. The van der Waals surface area contributed by atoms with Crippen LogP contribution in [0.15, 0.2) is 59.5 Å². The van der Waals surface area contributed by atoms with Crippen molar-refractivity contribution in [3.63, 3.8) is 0 Å². The van der Waals surface area contributed by atoms with E-state index < -0.39 is 28.6 Å². The van der Waals surface area contributed by atoms with Gasteiger partial charge in [0, 0.05) is 12.7 Å². The number of carboxylic acids is 1. The molecule has 2 N–H and O–H groups in total. The molecule has 0 saturated heterocycles. The highest BCUT2D eigenvalue weighted by molar-refractivity contribution is 5.98. The van der Waals surface area contributed by atoms with Crippen LogP contribution < -0.4 is 10.4 Å². The summed E-state index contributed by atoms with van der Waals surface area (Å²) in [5, 5.41) is 22.4. The second kappa shape index (κ2) is 8.01. The lowest BCUT2D eigenvalue weighted by Gasteiger charge is -2.44. The minimum absolute atomic E-state index is 0.189. The van der Waals surface area contributed by atoms with Gasteiger partial charge in [-0.2, -0.15) is 0 Å². The summed E-state index contributed by atoms with van der Waals surface area (Å²) in [7, 11) is 0. The van der Waals surface area contributed by atoms with Crippen molar-refractivity contribution in [2.45, 2.75) is 31.7 Å². The van der Waals surface area contributed by atoms with E-state index in [1.807, 2.05) is 29.3 Å². The molecule has 0 radical (unpaired) electrons. The van der Waals surface area contributed by atoms with Crippen molar-refractivity contribution >= 4 is 11.9 Å². The van der Waals surface area contributed by atoms with E-state index in [0.717, 1.165) is 36.8 Å². The molecule has 8 heteroatoms. The zero-order valence-electron chi connectivity index (χ0n) is 19.1. The maximum Gasteiger partial charge on any atom is 0.341 e. The van der Waals surface area contributed by atoms with Crippen LogP contribution in [0.25, 0.3) is 0 Å². The molecule has 8 nitrogen and oxygen atoms in total. The number of rotatable bonds is 4. The first-order valence-electron chi connectivity index (χ1n) is 11.9. The summed E-state index contributed by atoms with van der Waals surface area (Å²) < 4.78 is 1.40. The molecule has 1 amide bonds. The van der Waals surface area contributed by atoms with Crippen molar-refractivity contribution in [3.8, 4) is 5.75 Å². The highest BCUT2D eigenvalue weighted by Crippen LogP contribution is 2.39. The third-order valence-corrected chi connectivity index (χ3v) is 7.31. The molecular formula is C27H25N3O5. The molecule has 1 saturated carbocycles. The van der Waals surface area contributed by atoms with E-state index in [1.165, 1.54) is 22.0 Å². The molecule has 2 heterocycles. The van der Waals surface area contributed by atoms with Crippen LogP contribution in [0, 0.1) is 5.92 Å². The Kier molecular flexibility index (Phi) is 4.91. The molecule has 2 aliphatic carbocycles. The summed E-state index contributed by atoms with van der Waals surface area (Å²) in [5.41, 5.74) is 2.64. The van der Waals surface area contributed by atoms with Crippen LogP contribution in [0.4, 0.5) is 0 Å². The number of hydrogen-bond donors (Lipinski definition) is 2. The fraction of sp³-hybridized carbons (Fsp3) is 0.296. The van der Waals surface area contributed by atoms with E-state index in [0.29, 0.717) is 12.5 Å². The minimum Gasteiger partial charge on any atom is -0.502 e. The Hall–Kier alpha value is -4.07. The smallest absolute Gasteiger partial charge is 0.341 e. The molecule has 0 atom stereocenters. The number of carbonyl (C=O) groups excluding carboxylic acids is 1. The van der Waals surface area contributed by atoms with Crippen LogP contribution in [-0.4, -0.2) is 44.9 Å². The molecular weight excluding hydrogens is 446 g/mol. The van der Waals surface area contributed by atoms with Crippen molar-refractivity contribution in [1.82, 2.24) is 9.58 Å². The first-order chi connectivity index (χ1) is 16.9. The number of nitrogens with zero attached hydrogens (tertiary/aromatic N) is 3. The molecule has 3 aromatic rings. The van der Waals surface area contributed by atoms with Gasteiger partial charge in [0.15, 0.2) is 11.4 Å². The number of benzene rings is 2. The van der Waals surface area contributed by atoms with E-state index in [9.17, 15) is 24.6 Å². The Balaban J connectivity index is 1.62. The van der Waals surface area contributed by atoms with Gasteiger partial charge in [0.05, 0.1) is 6.04 Å². The molecule has 35 heavy (non-hydrogen) atoms. The van der Waals surface area contributed by atoms with Gasteiger partial charge in [0.1, 0.15) is 12.2 Å². The summed E-state index contributed by atoms with van der Waals surface area (Å²) in [6, 6.07) is 15.9. The third kappa shape index (κ3) is 3.48. The molecule has 6 rings (SSSR count). The van der Waals surface area contributed by atoms with Crippen LogP contribution in [0.3, 0.4) is 0 Å². The van der Waals surface area contributed by atoms with Gasteiger partial charge in [-0.15, -0.1) is 0 Å². The predicted octanol–water partition coefficient (Wildman–Crippen LogP) is 2.90. The Morgan fingerprint density at radius 3 is 2.11 bits per heavy atom. The monoisotopic (exact) mass is 471 g/mol. The molecule has 1 aromatic heterocycles. The van der Waals surface area contributed by atoms with Crippen LogP contribution in [0.2, 0.25) is 0 Å². The van der Waals surface area contributed by atoms with E-state index in [1.54, 1.807) is 4.90 Å². The summed E-state index contributed by atoms with van der Waals surface area (Å²) >= 11 is 0. The predicted molar refractivity (Wildman–Crippen MR) is 128 cm³/mol. The van der Waals surface area contributed by atoms with Crippen LogP contribution >= 0.6 is 0 Å². The molecule has 0 unspecified atom stereocenters. The first kappa shape index (κ1) is 21.5. The molecule has 1 aliphatic heterocycles. The van der Waals surface area contributed by atoms with Gasteiger partial charge in [0.25, 0.3) is 5.91 Å². The molecule has 178 valence electrons. The average molecular weight is 472 g/mol. The third-order valence-electron chi connectivity index (χ3n) is 7.31. The van der Waals surface area contributed by atoms with Crippen molar-refractivity contribution in [1.29, 1.82) is 0 Å². The zero-order chi connectivity index (χ0) is 24.3. The number of fused-ring (bicyclic) bond motifs is 3. The first-order valence-corrected chi connectivity index (χ1v) is 11.9. The lowest BCUT2D eigenvalue weighted by Crippen LogP contribution is -2.56. The lowest BCUT2D eigenvalue weighted by atomic mass is 9.94. The summed E-state index contributed by atoms with van der Waals surface area (Å²) in [5.74, 6) is -2.34. The number of amides is 1. The highest BCUT2D eigenvalue weighted by Gasteiger charge is 2.41. The summed E-state index contributed by atoms with van der Waals surface area (Å²) in [4.78, 5) is 39.6. The number of aromatic hydroxyl groups is 1. The second-order valence-electron chi connectivity index (χ2n) is 9.57. The number of hydrogen-bond acceptors (Lipinski definition) is 5. The standard InChI is InChI=1S/C27H25N3O5/c31-24-21(27(34)35)14-29-23(25(24)32)26(33)28(13-16-9-10-16)15-30(29)22-19-7-3-1-5-17(19)11-12-18-6-2-4-8-20(18)22/h1-8,14,16,22,32H,9-13,15H2,(H,34,35). The topological polar surface area (TPSA) is 103 Å². The largest absolute Gasteiger partial charge is 0.502 e. The number of carbonyl (C=O) groups is 2. The number of pyridine rings is 1. The quantitative estimate of drug-likeness (QED) is 0.607. The van der Waals surface area contributed by atoms with Gasteiger partial charge in [-0.1, -0.05) is 48.5 Å². The lowest BCUT2D eigenvalue weighted by molar-refractivity contribution is 0.0654. The molecule has 0 bridgehead atoms. The van der Waals surface area contributed by atoms with Crippen LogP contribution in [0.1, 0.15) is 62.0 Å². The summed E-state index contributed by atoms with van der Waals surface area (Å²) in [6.45, 7) is 0.733. The highest BCUT2D eigenvalue weighted by atomic mass is 16.4. The van der Waals surface area contributed by atoms with E-state index in [2.05, 4.69) is 24.3 Å². The summed E-state index contributed by atoms with van der Waals surface area (Å²) in [6.07, 6.45) is 4.96. The minimum atomic E-state index is -1.45. The van der Waals surface area contributed by atoms with Gasteiger partial charge >= 0.3 is 5.97 Å². The van der Waals surface area contributed by atoms with Gasteiger partial charge in [-0.05, 0) is 53.9 Å². The van der Waals surface area contributed by atoms with E-state index >= 15 is 0 Å². The second-order valence-corrected chi connectivity index (χ2v) is 9.57. The maximum atomic E-state index is 13.5. The van der Waals surface area contributed by atoms with Crippen LogP contribution in [0.5, 0.6) is 5.75 Å². The molecule has 1 fully saturated rings. The fourth-order valence-corrected chi connectivity index (χ4v) is 5.37. The van der Waals surface area contributed by atoms with E-state index in [-0.39, 0.29) is 18.4 Å². The van der Waals surface area contributed by atoms with Crippen molar-refractivity contribution in [2.75, 3.05) is 18.2 Å². The Morgan fingerprint density at radius 2 is 1.54 bits per heavy atom. The number of aromatic carboxylic acids is 1. The Morgan fingerprint density at radius 1 is 0.943 bits per heavy atom. The van der Waals surface area contributed by atoms with Crippen molar-refractivity contribution in [2.24, 2.45) is 5.92 Å². The van der Waals surface area contributed by atoms with Gasteiger partial charge < -0.3 is 15.1 Å². The Bertz CT molecular complexity index is 1380. The fourth-order valence-electron chi connectivity index (χ4n) is 5.37. The average Bonchev–Trinajstić information content (AvgIpc) is 3.68. The van der Waals surface area contributed by atoms with E-state index in [4.69, 9.17) is 0 Å².